The Labute approximate surface area is 110 Å². The molecule has 0 radical (unpaired) electrons. The van der Waals surface area contributed by atoms with Gasteiger partial charge in [-0.1, -0.05) is 0 Å². The van der Waals surface area contributed by atoms with E-state index in [1.807, 2.05) is 0 Å². The number of anilines is 1. The van der Waals surface area contributed by atoms with Gasteiger partial charge >= 0.3 is 0 Å². The van der Waals surface area contributed by atoms with Crippen molar-refractivity contribution >= 4 is 11.6 Å². The van der Waals surface area contributed by atoms with E-state index >= 15 is 0 Å². The molecule has 0 saturated heterocycles. The molecule has 0 heterocycles. The summed E-state index contributed by atoms with van der Waals surface area (Å²) in [6.07, 6.45) is 3.94. The van der Waals surface area contributed by atoms with E-state index in [1.54, 1.807) is 0 Å². The second-order valence-corrected chi connectivity index (χ2v) is 5.47. The Kier molecular flexibility index (Phi) is 3.12. The third kappa shape index (κ3) is 3.03. The Morgan fingerprint density at radius 1 is 1.37 bits per heavy atom. The fourth-order valence-electron chi connectivity index (χ4n) is 2.57. The van der Waals surface area contributed by atoms with E-state index in [9.17, 15) is 8.78 Å². The second-order valence-electron chi connectivity index (χ2n) is 5.47. The highest BCUT2D eigenvalue weighted by molar-refractivity contribution is 5.92. The van der Waals surface area contributed by atoms with Crippen LogP contribution >= 0.6 is 0 Å². The SMILES string of the molecule is NC(=NC[C@@H]1C[C@H]1C1CC1)Nc1cc(F)ccc1F. The molecule has 0 unspecified atom stereocenters. The minimum absolute atomic E-state index is 0.0239. The Hall–Kier alpha value is -1.65. The number of nitrogens with two attached hydrogens (primary N) is 1. The summed E-state index contributed by atoms with van der Waals surface area (Å²) in [4.78, 5) is 4.21. The predicted octanol–water partition coefficient (Wildman–Crippen LogP) is 2.74. The maximum absolute atomic E-state index is 13.4. The highest BCUT2D eigenvalue weighted by atomic mass is 19.1. The van der Waals surface area contributed by atoms with Crippen LogP contribution in [0.25, 0.3) is 0 Å². The largest absolute Gasteiger partial charge is 0.370 e. The second kappa shape index (κ2) is 4.79. The van der Waals surface area contributed by atoms with Crippen molar-refractivity contribution in [2.45, 2.75) is 19.3 Å². The third-order valence-corrected chi connectivity index (χ3v) is 3.89. The predicted molar refractivity (Wildman–Crippen MR) is 70.8 cm³/mol. The average Bonchev–Trinajstić information content (AvgIpc) is 3.24. The quantitative estimate of drug-likeness (QED) is 0.649. The first-order valence-electron chi connectivity index (χ1n) is 6.65. The van der Waals surface area contributed by atoms with Gasteiger partial charge in [0.25, 0.3) is 0 Å². The molecule has 3 N–H and O–H groups in total. The van der Waals surface area contributed by atoms with Gasteiger partial charge in [0.05, 0.1) is 5.69 Å². The summed E-state index contributed by atoms with van der Waals surface area (Å²) >= 11 is 0. The van der Waals surface area contributed by atoms with Gasteiger partial charge in [0.2, 0.25) is 0 Å². The molecule has 3 nitrogen and oxygen atoms in total. The molecular formula is C14H17F2N3. The molecule has 2 saturated carbocycles. The Morgan fingerprint density at radius 2 is 2.16 bits per heavy atom. The first-order valence-corrected chi connectivity index (χ1v) is 6.65. The molecule has 0 spiro atoms. The van der Waals surface area contributed by atoms with Gasteiger partial charge in [-0.2, -0.15) is 0 Å². The van der Waals surface area contributed by atoms with Gasteiger partial charge in [-0.05, 0) is 49.1 Å². The lowest BCUT2D eigenvalue weighted by atomic mass is 10.2. The van der Waals surface area contributed by atoms with Crippen LogP contribution in [0.15, 0.2) is 23.2 Å². The Morgan fingerprint density at radius 3 is 2.89 bits per heavy atom. The van der Waals surface area contributed by atoms with E-state index in [-0.39, 0.29) is 11.6 Å². The van der Waals surface area contributed by atoms with Crippen molar-refractivity contribution in [3.63, 3.8) is 0 Å². The van der Waals surface area contributed by atoms with Crippen LogP contribution in [0.2, 0.25) is 0 Å². The monoisotopic (exact) mass is 265 g/mol. The maximum atomic E-state index is 13.4. The lowest BCUT2D eigenvalue weighted by Gasteiger charge is -2.06. The number of hydrogen-bond acceptors (Lipinski definition) is 1. The number of hydrogen-bond donors (Lipinski definition) is 2. The standard InChI is InChI=1S/C14H17F2N3/c15-10-3-4-12(16)13(6-10)19-14(17)18-7-9-5-11(9)8-1-2-8/h3-4,6,8-9,11H,1-2,5,7H2,(H3,17,18,19)/t9-,11-/m0/s1. The van der Waals surface area contributed by atoms with Gasteiger partial charge in [-0.15, -0.1) is 0 Å². The Bertz CT molecular complexity index is 511. The molecule has 19 heavy (non-hydrogen) atoms. The molecule has 0 amide bonds. The number of benzene rings is 1. The zero-order valence-electron chi connectivity index (χ0n) is 10.6. The summed E-state index contributed by atoms with van der Waals surface area (Å²) in [5.41, 5.74) is 5.71. The van der Waals surface area contributed by atoms with Crippen LogP contribution in [0, 0.1) is 29.4 Å². The summed E-state index contributed by atoms with van der Waals surface area (Å²) < 4.78 is 26.4. The summed E-state index contributed by atoms with van der Waals surface area (Å²) in [7, 11) is 0. The van der Waals surface area contributed by atoms with Crippen molar-refractivity contribution in [1.29, 1.82) is 0 Å². The van der Waals surface area contributed by atoms with E-state index in [0.717, 1.165) is 30.0 Å². The van der Waals surface area contributed by atoms with Crippen LogP contribution in [0.3, 0.4) is 0 Å². The van der Waals surface area contributed by atoms with Crippen molar-refractivity contribution in [3.05, 3.63) is 29.8 Å². The van der Waals surface area contributed by atoms with Gasteiger partial charge < -0.3 is 11.1 Å². The first kappa shape index (κ1) is 12.4. The van der Waals surface area contributed by atoms with E-state index in [4.69, 9.17) is 5.73 Å². The van der Waals surface area contributed by atoms with Gasteiger partial charge in [-0.3, -0.25) is 4.99 Å². The molecule has 2 fully saturated rings. The van der Waals surface area contributed by atoms with Crippen molar-refractivity contribution in [2.75, 3.05) is 11.9 Å². The molecule has 1 aromatic rings. The van der Waals surface area contributed by atoms with Gasteiger partial charge in [0.15, 0.2) is 5.96 Å². The van der Waals surface area contributed by atoms with Crippen molar-refractivity contribution < 1.29 is 8.78 Å². The molecule has 1 aromatic carbocycles. The lowest BCUT2D eigenvalue weighted by molar-refractivity contribution is 0.604. The molecule has 0 aromatic heterocycles. The molecule has 0 aliphatic heterocycles. The van der Waals surface area contributed by atoms with Crippen LogP contribution in [-0.4, -0.2) is 12.5 Å². The van der Waals surface area contributed by atoms with Crippen LogP contribution in [-0.2, 0) is 0 Å². The maximum Gasteiger partial charge on any atom is 0.193 e. The number of nitrogens with one attached hydrogen (secondary N) is 1. The van der Waals surface area contributed by atoms with E-state index < -0.39 is 11.6 Å². The zero-order valence-corrected chi connectivity index (χ0v) is 10.6. The molecule has 102 valence electrons. The van der Waals surface area contributed by atoms with Crippen molar-refractivity contribution in [2.24, 2.45) is 28.5 Å². The van der Waals surface area contributed by atoms with Gasteiger partial charge in [0, 0.05) is 12.6 Å². The molecule has 5 heteroatoms. The van der Waals surface area contributed by atoms with Crippen molar-refractivity contribution in [1.82, 2.24) is 0 Å². The number of guanidine groups is 1. The summed E-state index contributed by atoms with van der Waals surface area (Å²) in [6.45, 7) is 0.678. The zero-order chi connectivity index (χ0) is 13.4. The summed E-state index contributed by atoms with van der Waals surface area (Å²) in [5.74, 6) is 1.46. The molecule has 2 aliphatic carbocycles. The highest BCUT2D eigenvalue weighted by Crippen LogP contribution is 2.54. The van der Waals surface area contributed by atoms with E-state index in [1.165, 1.54) is 19.3 Å². The Balaban J connectivity index is 1.55. The fourth-order valence-corrected chi connectivity index (χ4v) is 2.57. The third-order valence-electron chi connectivity index (χ3n) is 3.89. The van der Waals surface area contributed by atoms with Crippen LogP contribution < -0.4 is 11.1 Å². The first-order chi connectivity index (χ1) is 9.13. The summed E-state index contributed by atoms with van der Waals surface area (Å²) in [5, 5.41) is 2.61. The van der Waals surface area contributed by atoms with Gasteiger partial charge in [0.1, 0.15) is 11.6 Å². The number of nitrogens with zero attached hydrogens (tertiary/aromatic N) is 1. The highest BCUT2D eigenvalue weighted by Gasteiger charge is 2.46. The van der Waals surface area contributed by atoms with Crippen molar-refractivity contribution in [3.8, 4) is 0 Å². The normalized spacial score (nSPS) is 26.3. The molecule has 0 bridgehead atoms. The molecular weight excluding hydrogens is 248 g/mol. The lowest BCUT2D eigenvalue weighted by Crippen LogP contribution is -2.23. The van der Waals surface area contributed by atoms with E-state index in [0.29, 0.717) is 12.5 Å². The number of halogens is 2. The molecule has 3 rings (SSSR count). The van der Waals surface area contributed by atoms with E-state index in [2.05, 4.69) is 10.3 Å². The topological polar surface area (TPSA) is 50.4 Å². The van der Waals surface area contributed by atoms with Crippen LogP contribution in [0.5, 0.6) is 0 Å². The summed E-state index contributed by atoms with van der Waals surface area (Å²) in [6, 6.07) is 3.20. The molecule has 2 atom stereocenters. The number of rotatable bonds is 4. The smallest absolute Gasteiger partial charge is 0.193 e. The van der Waals surface area contributed by atoms with Gasteiger partial charge in [-0.25, -0.2) is 8.78 Å². The minimum atomic E-state index is -0.540. The van der Waals surface area contributed by atoms with Crippen LogP contribution in [0.1, 0.15) is 19.3 Å². The fraction of sp³-hybridized carbons (Fsp3) is 0.500. The number of aliphatic imine (C=N–C) groups is 1. The average molecular weight is 265 g/mol. The molecule has 2 aliphatic rings. The van der Waals surface area contributed by atoms with Crippen LogP contribution in [0.4, 0.5) is 14.5 Å². The minimum Gasteiger partial charge on any atom is -0.370 e.